The fourth-order valence-corrected chi connectivity index (χ4v) is 3.78. The van der Waals surface area contributed by atoms with E-state index in [9.17, 15) is 14.4 Å². The predicted molar refractivity (Wildman–Crippen MR) is 123 cm³/mol. The number of anilines is 2. The van der Waals surface area contributed by atoms with Crippen LogP contribution in [0.25, 0.3) is 0 Å². The number of carbonyl (C=O) groups excluding carboxylic acids is 3. The van der Waals surface area contributed by atoms with Crippen molar-refractivity contribution in [3.63, 3.8) is 0 Å². The Morgan fingerprint density at radius 1 is 0.727 bits per heavy atom. The van der Waals surface area contributed by atoms with Crippen LogP contribution in [0.1, 0.15) is 20.7 Å². The second-order valence-corrected chi connectivity index (χ2v) is 7.87. The lowest BCUT2D eigenvalue weighted by Crippen LogP contribution is -2.40. The van der Waals surface area contributed by atoms with Crippen LogP contribution in [0.4, 0.5) is 11.4 Å². The fraction of sp³-hybridized carbons (Fsp3) is 0.375. The molecule has 0 aromatic heterocycles. The fourth-order valence-electron chi connectivity index (χ4n) is 3.78. The molecule has 33 heavy (non-hydrogen) atoms. The van der Waals surface area contributed by atoms with Crippen molar-refractivity contribution in [2.75, 3.05) is 69.8 Å². The van der Waals surface area contributed by atoms with Crippen molar-refractivity contribution in [2.24, 2.45) is 0 Å². The molecule has 2 aromatic rings. The lowest BCUT2D eigenvalue weighted by molar-refractivity contribution is -0.114. The smallest absolute Gasteiger partial charge is 0.254 e. The zero-order valence-electron chi connectivity index (χ0n) is 18.4. The summed E-state index contributed by atoms with van der Waals surface area (Å²) < 4.78 is 10.6. The Bertz CT molecular complexity index is 1000. The van der Waals surface area contributed by atoms with Gasteiger partial charge in [-0.15, -0.1) is 0 Å². The highest BCUT2D eigenvalue weighted by Gasteiger charge is 2.20. The van der Waals surface area contributed by atoms with Gasteiger partial charge in [0.05, 0.1) is 33.0 Å². The van der Waals surface area contributed by atoms with Crippen LogP contribution in [-0.4, -0.2) is 86.7 Å². The van der Waals surface area contributed by atoms with E-state index in [4.69, 9.17) is 9.47 Å². The second kappa shape index (κ2) is 10.9. The van der Waals surface area contributed by atoms with E-state index in [1.807, 2.05) is 6.07 Å². The lowest BCUT2D eigenvalue weighted by Gasteiger charge is -2.27. The molecule has 2 saturated heterocycles. The average molecular weight is 453 g/mol. The van der Waals surface area contributed by atoms with Crippen molar-refractivity contribution in [1.82, 2.24) is 9.80 Å². The molecular formula is C24H28N4O5. The number of nitrogens with one attached hydrogen (secondary N) is 2. The number of rotatable bonds is 6. The van der Waals surface area contributed by atoms with Gasteiger partial charge in [-0.3, -0.25) is 14.4 Å². The number of benzene rings is 2. The number of hydrogen-bond acceptors (Lipinski definition) is 6. The number of amides is 3. The highest BCUT2D eigenvalue weighted by Crippen LogP contribution is 2.16. The predicted octanol–water partition coefficient (Wildman–Crippen LogP) is 1.68. The van der Waals surface area contributed by atoms with Gasteiger partial charge in [0.2, 0.25) is 5.91 Å². The third-order valence-electron chi connectivity index (χ3n) is 5.55. The molecule has 0 spiro atoms. The molecule has 2 aliphatic heterocycles. The van der Waals surface area contributed by atoms with Crippen LogP contribution < -0.4 is 10.6 Å². The minimum Gasteiger partial charge on any atom is -0.378 e. The topological polar surface area (TPSA) is 100 Å². The molecule has 174 valence electrons. The van der Waals surface area contributed by atoms with Crippen molar-refractivity contribution < 1.29 is 23.9 Å². The summed E-state index contributed by atoms with van der Waals surface area (Å²) in [6.07, 6.45) is 0. The van der Waals surface area contributed by atoms with E-state index in [-0.39, 0.29) is 24.3 Å². The first-order valence-electron chi connectivity index (χ1n) is 11.1. The average Bonchev–Trinajstić information content (AvgIpc) is 2.88. The van der Waals surface area contributed by atoms with E-state index in [0.29, 0.717) is 75.1 Å². The maximum atomic E-state index is 12.7. The van der Waals surface area contributed by atoms with Crippen LogP contribution in [0.3, 0.4) is 0 Å². The van der Waals surface area contributed by atoms with E-state index in [1.54, 1.807) is 52.3 Å². The summed E-state index contributed by atoms with van der Waals surface area (Å²) in [5.74, 6) is -0.377. The van der Waals surface area contributed by atoms with Crippen LogP contribution in [0.2, 0.25) is 0 Å². The summed E-state index contributed by atoms with van der Waals surface area (Å²) in [6.45, 7) is 4.46. The monoisotopic (exact) mass is 452 g/mol. The van der Waals surface area contributed by atoms with Gasteiger partial charge in [-0.1, -0.05) is 12.1 Å². The zero-order valence-corrected chi connectivity index (χ0v) is 18.4. The van der Waals surface area contributed by atoms with Crippen LogP contribution in [0.5, 0.6) is 0 Å². The Morgan fingerprint density at radius 2 is 1.21 bits per heavy atom. The van der Waals surface area contributed by atoms with E-state index < -0.39 is 0 Å². The summed E-state index contributed by atoms with van der Waals surface area (Å²) in [5.41, 5.74) is 2.33. The van der Waals surface area contributed by atoms with Crippen molar-refractivity contribution in [2.45, 2.75) is 0 Å². The molecule has 0 radical (unpaired) electrons. The minimum atomic E-state index is -0.254. The van der Waals surface area contributed by atoms with E-state index in [1.165, 1.54) is 0 Å². The summed E-state index contributed by atoms with van der Waals surface area (Å²) in [5, 5.41) is 5.87. The van der Waals surface area contributed by atoms with Crippen LogP contribution in [0.15, 0.2) is 48.5 Å². The van der Waals surface area contributed by atoms with Gasteiger partial charge >= 0.3 is 0 Å². The molecule has 9 nitrogen and oxygen atoms in total. The van der Waals surface area contributed by atoms with E-state index in [2.05, 4.69) is 10.6 Å². The van der Waals surface area contributed by atoms with Crippen molar-refractivity contribution in [1.29, 1.82) is 0 Å². The number of nitrogens with zero attached hydrogens (tertiary/aromatic N) is 2. The van der Waals surface area contributed by atoms with Gasteiger partial charge in [0, 0.05) is 48.7 Å². The molecule has 2 aromatic carbocycles. The molecule has 2 fully saturated rings. The number of morpholine rings is 2. The van der Waals surface area contributed by atoms with Gasteiger partial charge in [0.1, 0.15) is 0 Å². The summed E-state index contributed by atoms with van der Waals surface area (Å²) in [7, 11) is 0. The highest BCUT2D eigenvalue weighted by molar-refractivity contribution is 5.98. The Labute approximate surface area is 192 Å². The quantitative estimate of drug-likeness (QED) is 0.692. The Kier molecular flexibility index (Phi) is 7.54. The summed E-state index contributed by atoms with van der Waals surface area (Å²) >= 11 is 0. The highest BCUT2D eigenvalue weighted by atomic mass is 16.5. The Morgan fingerprint density at radius 3 is 1.76 bits per heavy atom. The SMILES string of the molecule is O=C(CNc1cccc(C(=O)N2CCOCC2)c1)Nc1cccc(C(=O)N2CCOCC2)c1. The van der Waals surface area contributed by atoms with Crippen molar-refractivity contribution in [3.05, 3.63) is 59.7 Å². The van der Waals surface area contributed by atoms with Crippen molar-refractivity contribution >= 4 is 29.1 Å². The van der Waals surface area contributed by atoms with Crippen molar-refractivity contribution in [3.8, 4) is 0 Å². The molecule has 2 heterocycles. The van der Waals surface area contributed by atoms with Crippen LogP contribution in [-0.2, 0) is 14.3 Å². The number of hydrogen-bond donors (Lipinski definition) is 2. The lowest BCUT2D eigenvalue weighted by atomic mass is 10.1. The molecule has 2 N–H and O–H groups in total. The molecule has 0 bridgehead atoms. The number of ether oxygens (including phenoxy) is 2. The number of carbonyl (C=O) groups is 3. The van der Waals surface area contributed by atoms with Gasteiger partial charge in [0.25, 0.3) is 11.8 Å². The third kappa shape index (κ3) is 6.09. The zero-order chi connectivity index (χ0) is 23.0. The minimum absolute atomic E-state index is 0.0246. The van der Waals surface area contributed by atoms with Gasteiger partial charge < -0.3 is 29.9 Å². The largest absolute Gasteiger partial charge is 0.378 e. The summed E-state index contributed by atoms with van der Waals surface area (Å²) in [6, 6.07) is 14.0. The molecule has 3 amide bonds. The van der Waals surface area contributed by atoms with E-state index >= 15 is 0 Å². The molecular weight excluding hydrogens is 424 g/mol. The first kappa shape index (κ1) is 22.8. The van der Waals surface area contributed by atoms with Crippen LogP contribution >= 0.6 is 0 Å². The molecule has 0 aliphatic carbocycles. The first-order chi connectivity index (χ1) is 16.1. The Balaban J connectivity index is 1.31. The molecule has 9 heteroatoms. The molecule has 2 aliphatic rings. The maximum Gasteiger partial charge on any atom is 0.254 e. The third-order valence-corrected chi connectivity index (χ3v) is 5.55. The second-order valence-electron chi connectivity index (χ2n) is 7.87. The van der Waals surface area contributed by atoms with Gasteiger partial charge in [-0.05, 0) is 36.4 Å². The maximum absolute atomic E-state index is 12.7. The Hall–Kier alpha value is -3.43. The van der Waals surface area contributed by atoms with Gasteiger partial charge in [0.15, 0.2) is 0 Å². The molecule has 0 atom stereocenters. The molecule has 0 saturated carbocycles. The van der Waals surface area contributed by atoms with Gasteiger partial charge in [-0.25, -0.2) is 0 Å². The first-order valence-corrected chi connectivity index (χ1v) is 11.1. The molecule has 0 unspecified atom stereocenters. The normalized spacial score (nSPS) is 16.2. The summed E-state index contributed by atoms with van der Waals surface area (Å²) in [4.78, 5) is 41.3. The van der Waals surface area contributed by atoms with Gasteiger partial charge in [-0.2, -0.15) is 0 Å². The van der Waals surface area contributed by atoms with E-state index in [0.717, 1.165) is 0 Å². The molecule has 4 rings (SSSR count). The van der Waals surface area contributed by atoms with Crippen LogP contribution in [0, 0.1) is 0 Å². The standard InChI is InChI=1S/C24H28N4O5/c29-22(26-21-6-2-4-19(16-21)24(31)28-9-13-33-14-10-28)17-25-20-5-1-3-18(15-20)23(30)27-7-11-32-12-8-27/h1-6,15-16,25H,7-14,17H2,(H,26,29).